The fourth-order valence-corrected chi connectivity index (χ4v) is 2.42. The lowest BCUT2D eigenvalue weighted by Crippen LogP contribution is -2.29. The largest absolute Gasteiger partial charge is 0.497 e. The van der Waals surface area contributed by atoms with Crippen molar-refractivity contribution in [1.82, 2.24) is 5.32 Å². The minimum absolute atomic E-state index is 0.0546. The number of hydrogen-bond donors (Lipinski definition) is 2. The molecule has 0 aromatic heterocycles. The number of anilines is 1. The van der Waals surface area contributed by atoms with Crippen LogP contribution in [0.3, 0.4) is 0 Å². The zero-order valence-electron chi connectivity index (χ0n) is 15.5. The first kappa shape index (κ1) is 21.8. The summed E-state index contributed by atoms with van der Waals surface area (Å²) in [5, 5.41) is 16.3. The van der Waals surface area contributed by atoms with Crippen LogP contribution >= 0.6 is 0 Å². The van der Waals surface area contributed by atoms with Gasteiger partial charge in [-0.15, -0.1) is 0 Å². The number of halogens is 3. The molecule has 0 aliphatic heterocycles. The average molecular weight is 413 g/mol. The molecule has 0 saturated carbocycles. The number of nitro groups is 1. The number of carbonyl (C=O) groups excluding carboxylic acids is 1. The molecule has 0 aliphatic rings. The monoisotopic (exact) mass is 413 g/mol. The zero-order chi connectivity index (χ0) is 21.6. The number of carbonyl (C=O) groups is 1. The van der Waals surface area contributed by atoms with E-state index in [0.29, 0.717) is 17.6 Å². The molecular formula is C18H18F3N3O5. The lowest BCUT2D eigenvalue weighted by atomic mass is 10.1. The van der Waals surface area contributed by atoms with Crippen molar-refractivity contribution in [2.75, 3.05) is 32.6 Å². The summed E-state index contributed by atoms with van der Waals surface area (Å²) in [4.78, 5) is 22.4. The van der Waals surface area contributed by atoms with Crippen LogP contribution < -0.4 is 20.1 Å². The predicted octanol–water partition coefficient (Wildman–Crippen LogP) is 3.47. The highest BCUT2D eigenvalue weighted by Crippen LogP contribution is 2.34. The van der Waals surface area contributed by atoms with E-state index in [1.807, 2.05) is 0 Å². The van der Waals surface area contributed by atoms with Crippen molar-refractivity contribution in [3.8, 4) is 11.5 Å². The molecule has 0 radical (unpaired) electrons. The van der Waals surface area contributed by atoms with Gasteiger partial charge in [-0.1, -0.05) is 0 Å². The summed E-state index contributed by atoms with van der Waals surface area (Å²) in [5.41, 5.74) is -1.62. The fraction of sp³-hybridized carbons (Fsp3) is 0.278. The highest BCUT2D eigenvalue weighted by Gasteiger charge is 2.33. The molecule has 0 spiro atoms. The SMILES string of the molecule is COc1cc(OC)cc(C(=O)NCCNc2ccc(C(F)(F)F)cc2[N+](=O)[O-])c1. The van der Waals surface area contributed by atoms with E-state index in [2.05, 4.69) is 10.6 Å². The molecule has 2 N–H and O–H groups in total. The molecule has 11 heteroatoms. The lowest BCUT2D eigenvalue weighted by molar-refractivity contribution is -0.384. The predicted molar refractivity (Wildman–Crippen MR) is 98.5 cm³/mol. The van der Waals surface area contributed by atoms with E-state index in [1.165, 1.54) is 26.4 Å². The Labute approximate surface area is 163 Å². The molecular weight excluding hydrogens is 395 g/mol. The summed E-state index contributed by atoms with van der Waals surface area (Å²) in [7, 11) is 2.88. The van der Waals surface area contributed by atoms with Gasteiger partial charge in [0.05, 0.1) is 24.7 Å². The smallest absolute Gasteiger partial charge is 0.416 e. The molecule has 8 nitrogen and oxygen atoms in total. The molecule has 1 amide bonds. The Hall–Kier alpha value is -3.50. The second-order valence-corrected chi connectivity index (χ2v) is 5.77. The molecule has 0 heterocycles. The number of amides is 1. The summed E-state index contributed by atoms with van der Waals surface area (Å²) < 4.78 is 48.3. The third-order valence-electron chi connectivity index (χ3n) is 3.86. The number of benzene rings is 2. The van der Waals surface area contributed by atoms with Crippen molar-refractivity contribution in [3.63, 3.8) is 0 Å². The first-order valence-corrected chi connectivity index (χ1v) is 8.26. The van der Waals surface area contributed by atoms with E-state index in [4.69, 9.17) is 9.47 Å². The zero-order valence-corrected chi connectivity index (χ0v) is 15.5. The van der Waals surface area contributed by atoms with Crippen LogP contribution in [0.25, 0.3) is 0 Å². The number of nitro benzene ring substituents is 1. The maximum atomic E-state index is 12.7. The second-order valence-electron chi connectivity index (χ2n) is 5.77. The summed E-state index contributed by atoms with van der Waals surface area (Å²) in [6.45, 7) is 0.121. The molecule has 0 unspecified atom stereocenters. The summed E-state index contributed by atoms with van der Waals surface area (Å²) >= 11 is 0. The van der Waals surface area contributed by atoms with Gasteiger partial charge in [-0.25, -0.2) is 0 Å². The van der Waals surface area contributed by atoms with Gasteiger partial charge in [0, 0.05) is 30.8 Å². The van der Waals surface area contributed by atoms with Crippen LogP contribution in [-0.2, 0) is 6.18 Å². The first-order chi connectivity index (χ1) is 13.7. The summed E-state index contributed by atoms with van der Waals surface area (Å²) in [6.07, 6.45) is -4.69. The number of alkyl halides is 3. The van der Waals surface area contributed by atoms with Gasteiger partial charge < -0.3 is 20.1 Å². The molecule has 0 aliphatic carbocycles. The quantitative estimate of drug-likeness (QED) is 0.390. The van der Waals surface area contributed by atoms with E-state index >= 15 is 0 Å². The molecule has 0 bridgehead atoms. The van der Waals surface area contributed by atoms with Gasteiger partial charge in [0.25, 0.3) is 11.6 Å². The van der Waals surface area contributed by atoms with E-state index in [9.17, 15) is 28.1 Å². The van der Waals surface area contributed by atoms with Gasteiger partial charge in [0.2, 0.25) is 0 Å². The molecule has 0 atom stereocenters. The van der Waals surface area contributed by atoms with Crippen molar-refractivity contribution < 1.29 is 32.4 Å². The molecule has 2 rings (SSSR count). The fourth-order valence-electron chi connectivity index (χ4n) is 2.42. The minimum Gasteiger partial charge on any atom is -0.497 e. The maximum Gasteiger partial charge on any atom is 0.416 e. The van der Waals surface area contributed by atoms with Crippen LogP contribution in [-0.4, -0.2) is 38.1 Å². The van der Waals surface area contributed by atoms with Crippen molar-refractivity contribution in [1.29, 1.82) is 0 Å². The highest BCUT2D eigenvalue weighted by molar-refractivity contribution is 5.95. The number of methoxy groups -OCH3 is 2. The van der Waals surface area contributed by atoms with E-state index in [-0.39, 0.29) is 24.3 Å². The molecule has 156 valence electrons. The maximum absolute atomic E-state index is 12.7. The number of hydrogen-bond acceptors (Lipinski definition) is 6. The van der Waals surface area contributed by atoms with E-state index in [0.717, 1.165) is 12.1 Å². The van der Waals surface area contributed by atoms with Gasteiger partial charge in [-0.2, -0.15) is 13.2 Å². The first-order valence-electron chi connectivity index (χ1n) is 8.26. The molecule has 2 aromatic carbocycles. The van der Waals surface area contributed by atoms with Crippen LogP contribution in [0.5, 0.6) is 11.5 Å². The van der Waals surface area contributed by atoms with Gasteiger partial charge in [-0.05, 0) is 24.3 Å². The Morgan fingerprint density at radius 1 is 1.07 bits per heavy atom. The van der Waals surface area contributed by atoms with Crippen LogP contribution in [0.2, 0.25) is 0 Å². The number of ether oxygens (including phenoxy) is 2. The Balaban J connectivity index is 2.00. The van der Waals surface area contributed by atoms with Gasteiger partial charge >= 0.3 is 6.18 Å². The van der Waals surface area contributed by atoms with Crippen LogP contribution in [0.1, 0.15) is 15.9 Å². The topological polar surface area (TPSA) is 103 Å². The third-order valence-corrected chi connectivity index (χ3v) is 3.86. The van der Waals surface area contributed by atoms with Crippen LogP contribution in [0.15, 0.2) is 36.4 Å². The standard InChI is InChI=1S/C18H18F3N3O5/c1-28-13-7-11(8-14(10-13)29-2)17(25)23-6-5-22-15-4-3-12(18(19,20)21)9-16(15)24(26)27/h3-4,7-10,22H,5-6H2,1-2H3,(H,23,25). The molecule has 2 aromatic rings. The van der Waals surface area contributed by atoms with Gasteiger partial charge in [0.15, 0.2) is 0 Å². The minimum atomic E-state index is -4.69. The molecule has 29 heavy (non-hydrogen) atoms. The van der Waals surface area contributed by atoms with E-state index < -0.39 is 28.3 Å². The van der Waals surface area contributed by atoms with Crippen molar-refractivity contribution >= 4 is 17.3 Å². The summed E-state index contributed by atoms with van der Waals surface area (Å²) in [5.74, 6) is 0.409. The Bertz CT molecular complexity index is 881. The van der Waals surface area contributed by atoms with Crippen molar-refractivity contribution in [3.05, 3.63) is 57.6 Å². The van der Waals surface area contributed by atoms with Crippen LogP contribution in [0.4, 0.5) is 24.5 Å². The number of nitrogens with one attached hydrogen (secondary N) is 2. The van der Waals surface area contributed by atoms with Crippen LogP contribution in [0, 0.1) is 10.1 Å². The highest BCUT2D eigenvalue weighted by atomic mass is 19.4. The summed E-state index contributed by atoms with van der Waals surface area (Å²) in [6, 6.07) is 6.80. The molecule has 0 fully saturated rings. The van der Waals surface area contributed by atoms with Gasteiger partial charge in [-0.3, -0.25) is 14.9 Å². The van der Waals surface area contributed by atoms with E-state index in [1.54, 1.807) is 6.07 Å². The number of nitrogens with zero attached hydrogens (tertiary/aromatic N) is 1. The van der Waals surface area contributed by atoms with Crippen molar-refractivity contribution in [2.24, 2.45) is 0 Å². The lowest BCUT2D eigenvalue weighted by Gasteiger charge is -2.12. The Morgan fingerprint density at radius 3 is 2.21 bits per heavy atom. The Kier molecular flexibility index (Phi) is 6.86. The average Bonchev–Trinajstić information content (AvgIpc) is 2.69. The Morgan fingerprint density at radius 2 is 1.69 bits per heavy atom. The molecule has 0 saturated heterocycles. The van der Waals surface area contributed by atoms with Crippen molar-refractivity contribution in [2.45, 2.75) is 6.18 Å². The number of rotatable bonds is 8. The second kappa shape index (κ2) is 9.13. The normalized spacial score (nSPS) is 10.9. The van der Waals surface area contributed by atoms with Gasteiger partial charge in [0.1, 0.15) is 17.2 Å². The third kappa shape index (κ3) is 5.74.